The third-order valence-corrected chi connectivity index (χ3v) is 4.19. The SMILES string of the molecule is Cc1nc(C(C)NC(=O)CCc2n[nH]c(C)c2C)cs1. The van der Waals surface area contributed by atoms with Crippen molar-refractivity contribution >= 4 is 17.2 Å². The molecule has 2 aromatic rings. The van der Waals surface area contributed by atoms with Gasteiger partial charge >= 0.3 is 0 Å². The van der Waals surface area contributed by atoms with Crippen molar-refractivity contribution in [1.82, 2.24) is 20.5 Å². The molecule has 0 aliphatic carbocycles. The maximum Gasteiger partial charge on any atom is 0.220 e. The fraction of sp³-hybridized carbons (Fsp3) is 0.500. The Morgan fingerprint density at radius 3 is 2.75 bits per heavy atom. The van der Waals surface area contributed by atoms with Gasteiger partial charge in [-0.2, -0.15) is 5.10 Å². The van der Waals surface area contributed by atoms with Gasteiger partial charge in [0.05, 0.1) is 22.4 Å². The quantitative estimate of drug-likeness (QED) is 0.890. The monoisotopic (exact) mass is 292 g/mol. The largest absolute Gasteiger partial charge is 0.348 e. The minimum absolute atomic E-state index is 0.0307. The van der Waals surface area contributed by atoms with Gasteiger partial charge in [-0.3, -0.25) is 9.89 Å². The molecule has 0 radical (unpaired) electrons. The number of carbonyl (C=O) groups excluding carboxylic acids is 1. The van der Waals surface area contributed by atoms with E-state index in [1.165, 1.54) is 0 Å². The molecular weight excluding hydrogens is 272 g/mol. The van der Waals surface area contributed by atoms with Crippen LogP contribution in [-0.2, 0) is 11.2 Å². The lowest BCUT2D eigenvalue weighted by atomic mass is 10.1. The summed E-state index contributed by atoms with van der Waals surface area (Å²) in [5.74, 6) is 0.0307. The number of nitrogens with one attached hydrogen (secondary N) is 2. The Labute approximate surface area is 122 Å². The van der Waals surface area contributed by atoms with E-state index in [-0.39, 0.29) is 11.9 Å². The van der Waals surface area contributed by atoms with E-state index in [0.29, 0.717) is 12.8 Å². The molecule has 0 aromatic carbocycles. The third kappa shape index (κ3) is 3.45. The average Bonchev–Trinajstić information content (AvgIpc) is 2.96. The van der Waals surface area contributed by atoms with E-state index in [4.69, 9.17) is 0 Å². The summed E-state index contributed by atoms with van der Waals surface area (Å²) in [4.78, 5) is 16.3. The van der Waals surface area contributed by atoms with E-state index in [0.717, 1.165) is 27.7 Å². The van der Waals surface area contributed by atoms with E-state index in [2.05, 4.69) is 20.5 Å². The zero-order valence-electron chi connectivity index (χ0n) is 12.3. The molecular formula is C14H20N4OS. The van der Waals surface area contributed by atoms with Gasteiger partial charge in [-0.15, -0.1) is 11.3 Å². The number of aromatic amines is 1. The summed E-state index contributed by atoms with van der Waals surface area (Å²) in [7, 11) is 0. The summed E-state index contributed by atoms with van der Waals surface area (Å²) in [6.07, 6.45) is 1.10. The van der Waals surface area contributed by atoms with Gasteiger partial charge in [0.25, 0.3) is 0 Å². The molecule has 6 heteroatoms. The molecule has 2 heterocycles. The Bertz CT molecular complexity index is 602. The van der Waals surface area contributed by atoms with Crippen molar-refractivity contribution in [2.45, 2.75) is 46.6 Å². The molecule has 2 aromatic heterocycles. The topological polar surface area (TPSA) is 70.7 Å². The summed E-state index contributed by atoms with van der Waals surface area (Å²) in [6.45, 7) is 7.92. The van der Waals surface area contributed by atoms with Crippen LogP contribution in [0.1, 0.15) is 47.0 Å². The number of rotatable bonds is 5. The standard InChI is InChI=1S/C14H20N4OS/c1-8-9(2)17-18-12(8)5-6-14(19)15-10(3)13-7-20-11(4)16-13/h7,10H,5-6H2,1-4H3,(H,15,19)(H,17,18). The van der Waals surface area contributed by atoms with Gasteiger partial charge in [-0.1, -0.05) is 0 Å². The Hall–Kier alpha value is -1.69. The fourth-order valence-corrected chi connectivity index (χ4v) is 2.68. The lowest BCUT2D eigenvalue weighted by Gasteiger charge is -2.11. The molecule has 5 nitrogen and oxygen atoms in total. The molecule has 1 amide bonds. The molecule has 20 heavy (non-hydrogen) atoms. The number of amides is 1. The van der Waals surface area contributed by atoms with Gasteiger partial charge in [0, 0.05) is 23.9 Å². The molecule has 0 fully saturated rings. The Morgan fingerprint density at radius 2 is 2.20 bits per heavy atom. The molecule has 0 saturated carbocycles. The van der Waals surface area contributed by atoms with Gasteiger partial charge in [-0.05, 0) is 33.3 Å². The van der Waals surface area contributed by atoms with E-state index in [1.807, 2.05) is 33.1 Å². The first kappa shape index (κ1) is 14.7. The minimum Gasteiger partial charge on any atom is -0.348 e. The van der Waals surface area contributed by atoms with Crippen LogP contribution in [0, 0.1) is 20.8 Å². The van der Waals surface area contributed by atoms with Crippen LogP contribution in [0.4, 0.5) is 0 Å². The number of aryl methyl sites for hydroxylation is 3. The summed E-state index contributed by atoms with van der Waals surface area (Å²) < 4.78 is 0. The Kier molecular flexibility index (Phi) is 4.54. The second-order valence-electron chi connectivity index (χ2n) is 5.00. The van der Waals surface area contributed by atoms with Crippen molar-refractivity contribution in [2.75, 3.05) is 0 Å². The van der Waals surface area contributed by atoms with Gasteiger partial charge in [0.1, 0.15) is 0 Å². The minimum atomic E-state index is -0.0468. The maximum absolute atomic E-state index is 12.0. The van der Waals surface area contributed by atoms with Gasteiger partial charge in [-0.25, -0.2) is 4.98 Å². The van der Waals surface area contributed by atoms with Crippen LogP contribution in [0.15, 0.2) is 5.38 Å². The predicted octanol–water partition coefficient (Wildman–Crippen LogP) is 2.60. The second kappa shape index (κ2) is 6.17. The first-order valence-electron chi connectivity index (χ1n) is 6.69. The average molecular weight is 292 g/mol. The van der Waals surface area contributed by atoms with Crippen LogP contribution in [0.2, 0.25) is 0 Å². The predicted molar refractivity (Wildman–Crippen MR) is 79.8 cm³/mol. The van der Waals surface area contributed by atoms with Crippen LogP contribution in [0.5, 0.6) is 0 Å². The van der Waals surface area contributed by atoms with Crippen molar-refractivity contribution in [1.29, 1.82) is 0 Å². The first-order chi connectivity index (χ1) is 9.47. The number of carbonyl (C=O) groups is 1. The summed E-state index contributed by atoms with van der Waals surface area (Å²) in [5.41, 5.74) is 4.09. The number of hydrogen-bond donors (Lipinski definition) is 2. The number of aromatic nitrogens is 3. The van der Waals surface area contributed by atoms with Crippen molar-refractivity contribution in [3.05, 3.63) is 33.0 Å². The molecule has 2 N–H and O–H groups in total. The molecule has 2 rings (SSSR count). The van der Waals surface area contributed by atoms with E-state index >= 15 is 0 Å². The van der Waals surface area contributed by atoms with Crippen LogP contribution in [0.3, 0.4) is 0 Å². The van der Waals surface area contributed by atoms with Gasteiger partial charge in [0.15, 0.2) is 0 Å². The maximum atomic E-state index is 12.0. The van der Waals surface area contributed by atoms with Crippen LogP contribution in [-0.4, -0.2) is 21.1 Å². The number of H-pyrrole nitrogens is 1. The molecule has 0 spiro atoms. The molecule has 0 aliphatic rings. The van der Waals surface area contributed by atoms with Gasteiger partial charge in [0.2, 0.25) is 5.91 Å². The summed E-state index contributed by atoms with van der Waals surface area (Å²) >= 11 is 1.60. The van der Waals surface area contributed by atoms with Crippen molar-refractivity contribution in [3.8, 4) is 0 Å². The highest BCUT2D eigenvalue weighted by atomic mass is 32.1. The third-order valence-electron chi connectivity index (χ3n) is 3.40. The molecule has 0 saturated heterocycles. The second-order valence-corrected chi connectivity index (χ2v) is 6.06. The van der Waals surface area contributed by atoms with Crippen molar-refractivity contribution in [2.24, 2.45) is 0 Å². The highest BCUT2D eigenvalue weighted by Crippen LogP contribution is 2.16. The zero-order chi connectivity index (χ0) is 14.7. The molecule has 1 atom stereocenters. The molecule has 0 bridgehead atoms. The summed E-state index contributed by atoms with van der Waals surface area (Å²) in [5, 5.41) is 13.1. The normalized spacial score (nSPS) is 12.4. The molecule has 1 unspecified atom stereocenters. The fourth-order valence-electron chi connectivity index (χ4n) is 1.98. The first-order valence-corrected chi connectivity index (χ1v) is 7.57. The summed E-state index contributed by atoms with van der Waals surface area (Å²) in [6, 6.07) is -0.0468. The Balaban J connectivity index is 1.85. The van der Waals surface area contributed by atoms with E-state index in [9.17, 15) is 4.79 Å². The zero-order valence-corrected chi connectivity index (χ0v) is 13.1. The van der Waals surface area contributed by atoms with E-state index < -0.39 is 0 Å². The number of nitrogens with zero attached hydrogens (tertiary/aromatic N) is 2. The van der Waals surface area contributed by atoms with Crippen LogP contribution < -0.4 is 5.32 Å². The smallest absolute Gasteiger partial charge is 0.220 e. The highest BCUT2D eigenvalue weighted by Gasteiger charge is 2.13. The lowest BCUT2D eigenvalue weighted by molar-refractivity contribution is -0.121. The number of hydrogen-bond acceptors (Lipinski definition) is 4. The van der Waals surface area contributed by atoms with Crippen molar-refractivity contribution < 1.29 is 4.79 Å². The van der Waals surface area contributed by atoms with Crippen LogP contribution in [0.25, 0.3) is 0 Å². The number of thiazole rings is 1. The van der Waals surface area contributed by atoms with Gasteiger partial charge < -0.3 is 5.32 Å². The highest BCUT2D eigenvalue weighted by molar-refractivity contribution is 7.09. The lowest BCUT2D eigenvalue weighted by Crippen LogP contribution is -2.27. The van der Waals surface area contributed by atoms with Crippen molar-refractivity contribution in [3.63, 3.8) is 0 Å². The van der Waals surface area contributed by atoms with Crippen LogP contribution >= 0.6 is 11.3 Å². The van der Waals surface area contributed by atoms with E-state index in [1.54, 1.807) is 11.3 Å². The Morgan fingerprint density at radius 1 is 1.45 bits per heavy atom. The molecule has 108 valence electrons. The molecule has 0 aliphatic heterocycles.